The van der Waals surface area contributed by atoms with Gasteiger partial charge in [-0.2, -0.15) is 0 Å². The molecule has 1 saturated heterocycles. The van der Waals surface area contributed by atoms with Crippen LogP contribution in [0.3, 0.4) is 0 Å². The van der Waals surface area contributed by atoms with Gasteiger partial charge in [0.1, 0.15) is 16.7 Å². The van der Waals surface area contributed by atoms with Crippen LogP contribution in [-0.2, 0) is 4.74 Å². The number of carbonyl (C=O) groups is 2. The summed E-state index contributed by atoms with van der Waals surface area (Å²) in [7, 11) is 0. The van der Waals surface area contributed by atoms with E-state index in [1.807, 2.05) is 20.8 Å². The van der Waals surface area contributed by atoms with Crippen LogP contribution in [0.15, 0.2) is 12.5 Å². The van der Waals surface area contributed by atoms with Crippen LogP contribution >= 0.6 is 0 Å². The first-order valence-corrected chi connectivity index (χ1v) is 9.04. The van der Waals surface area contributed by atoms with Gasteiger partial charge in [0.25, 0.3) is 0 Å². The van der Waals surface area contributed by atoms with E-state index in [1.54, 1.807) is 4.90 Å². The van der Waals surface area contributed by atoms with Gasteiger partial charge < -0.3 is 25.0 Å². The fourth-order valence-corrected chi connectivity index (χ4v) is 3.16. The van der Waals surface area contributed by atoms with E-state index in [1.165, 1.54) is 12.5 Å². The smallest absolute Gasteiger partial charge is 0.410 e. The van der Waals surface area contributed by atoms with Gasteiger partial charge >= 0.3 is 12.1 Å². The lowest BCUT2D eigenvalue weighted by atomic mass is 10.1. The SMILES string of the molecule is CC(C)(C)OC(=O)N1CCCC(Nc2c(C(=O)O)cnc3nc[nH]c23)CC1. The van der Waals surface area contributed by atoms with Crippen LogP contribution in [0.25, 0.3) is 11.2 Å². The number of aromatic carboxylic acids is 1. The number of hydrogen-bond donors (Lipinski definition) is 3. The van der Waals surface area contributed by atoms with Crippen LogP contribution in [0.5, 0.6) is 0 Å². The lowest BCUT2D eigenvalue weighted by Gasteiger charge is -2.26. The molecule has 146 valence electrons. The molecule has 1 aliphatic rings. The number of nitrogens with one attached hydrogen (secondary N) is 2. The van der Waals surface area contributed by atoms with Crippen molar-refractivity contribution in [1.82, 2.24) is 19.9 Å². The van der Waals surface area contributed by atoms with E-state index in [4.69, 9.17) is 4.74 Å². The monoisotopic (exact) mass is 375 g/mol. The molecule has 3 N–H and O–H groups in total. The Bertz CT molecular complexity index is 842. The highest BCUT2D eigenvalue weighted by Crippen LogP contribution is 2.26. The molecule has 3 rings (SSSR count). The lowest BCUT2D eigenvalue weighted by molar-refractivity contribution is 0.0256. The van der Waals surface area contributed by atoms with E-state index in [-0.39, 0.29) is 17.7 Å². The van der Waals surface area contributed by atoms with Gasteiger partial charge in [0.15, 0.2) is 5.65 Å². The van der Waals surface area contributed by atoms with E-state index in [2.05, 4.69) is 20.3 Å². The van der Waals surface area contributed by atoms with Crippen LogP contribution < -0.4 is 5.32 Å². The Morgan fingerprint density at radius 1 is 1.30 bits per heavy atom. The molecule has 1 fully saturated rings. The Labute approximate surface area is 157 Å². The molecule has 9 nitrogen and oxygen atoms in total. The standard InChI is InChI=1S/C18H25N5O4/c1-18(2,3)27-17(26)23-7-4-5-11(6-8-23)22-13-12(16(24)25)9-19-15-14(13)20-10-21-15/h9-11H,4-8H2,1-3H3,(H,24,25)(H2,19,20,21,22). The van der Waals surface area contributed by atoms with Crippen molar-refractivity contribution in [3.63, 3.8) is 0 Å². The van der Waals surface area contributed by atoms with Crippen LogP contribution in [0.1, 0.15) is 50.4 Å². The summed E-state index contributed by atoms with van der Waals surface area (Å²) >= 11 is 0. The van der Waals surface area contributed by atoms with Gasteiger partial charge in [-0.05, 0) is 40.0 Å². The number of likely N-dealkylation sites (tertiary alicyclic amines) is 1. The summed E-state index contributed by atoms with van der Waals surface area (Å²) in [6.07, 6.45) is 4.81. The van der Waals surface area contributed by atoms with E-state index < -0.39 is 11.6 Å². The van der Waals surface area contributed by atoms with E-state index in [0.717, 1.165) is 12.8 Å². The Morgan fingerprint density at radius 3 is 2.78 bits per heavy atom. The number of carboxylic acid groups (broad SMARTS) is 1. The molecule has 0 spiro atoms. The average Bonchev–Trinajstić information content (AvgIpc) is 2.92. The number of amides is 1. The summed E-state index contributed by atoms with van der Waals surface area (Å²) in [4.78, 5) is 36.7. The van der Waals surface area contributed by atoms with Crippen molar-refractivity contribution < 1.29 is 19.4 Å². The maximum Gasteiger partial charge on any atom is 0.410 e. The average molecular weight is 375 g/mol. The number of nitrogens with zero attached hydrogens (tertiary/aromatic N) is 3. The van der Waals surface area contributed by atoms with Gasteiger partial charge in [0.2, 0.25) is 0 Å². The first kappa shape index (κ1) is 18.9. The molecule has 1 aliphatic heterocycles. The van der Waals surface area contributed by atoms with Crippen molar-refractivity contribution in [2.45, 2.75) is 51.7 Å². The number of imidazole rings is 1. The molecule has 27 heavy (non-hydrogen) atoms. The van der Waals surface area contributed by atoms with Crippen LogP contribution in [0.4, 0.5) is 10.5 Å². The third-order valence-electron chi connectivity index (χ3n) is 4.41. The number of ether oxygens (including phenoxy) is 1. The molecule has 0 aromatic carbocycles. The molecule has 9 heteroatoms. The molecule has 3 heterocycles. The molecule has 1 unspecified atom stereocenters. The Hall–Kier alpha value is -2.84. The van der Waals surface area contributed by atoms with Crippen molar-refractivity contribution in [2.75, 3.05) is 18.4 Å². The number of H-pyrrole nitrogens is 1. The summed E-state index contributed by atoms with van der Waals surface area (Å²) in [6.45, 7) is 6.71. The third-order valence-corrected chi connectivity index (χ3v) is 4.41. The molecule has 2 aromatic heterocycles. The third kappa shape index (κ3) is 4.47. The van der Waals surface area contributed by atoms with Crippen LogP contribution in [0, 0.1) is 0 Å². The zero-order valence-electron chi connectivity index (χ0n) is 15.8. The molecular formula is C18H25N5O4. The predicted molar refractivity (Wildman–Crippen MR) is 99.9 cm³/mol. The van der Waals surface area contributed by atoms with Gasteiger partial charge in [0.05, 0.1) is 12.0 Å². The van der Waals surface area contributed by atoms with Gasteiger partial charge in [-0.25, -0.2) is 19.6 Å². The molecule has 0 saturated carbocycles. The number of anilines is 1. The minimum Gasteiger partial charge on any atom is -0.478 e. The summed E-state index contributed by atoms with van der Waals surface area (Å²) in [5, 5.41) is 12.8. The number of rotatable bonds is 3. The minimum atomic E-state index is -1.05. The number of pyridine rings is 1. The molecule has 1 atom stereocenters. The maximum absolute atomic E-state index is 12.3. The van der Waals surface area contributed by atoms with Gasteiger partial charge in [-0.15, -0.1) is 0 Å². The zero-order valence-corrected chi connectivity index (χ0v) is 15.8. The molecular weight excluding hydrogens is 350 g/mol. The molecule has 0 radical (unpaired) electrons. The molecule has 0 bridgehead atoms. The quantitative estimate of drug-likeness (QED) is 0.754. The van der Waals surface area contributed by atoms with Gasteiger partial charge in [0, 0.05) is 25.3 Å². The van der Waals surface area contributed by atoms with Crippen LogP contribution in [0.2, 0.25) is 0 Å². The summed E-state index contributed by atoms with van der Waals surface area (Å²) in [5.74, 6) is -1.05. The van der Waals surface area contributed by atoms with Crippen molar-refractivity contribution in [1.29, 1.82) is 0 Å². The predicted octanol–water partition coefficient (Wildman–Crippen LogP) is 2.86. The second-order valence-electron chi connectivity index (χ2n) is 7.69. The Kier molecular flexibility index (Phi) is 5.20. The number of fused-ring (bicyclic) bond motifs is 1. The van der Waals surface area contributed by atoms with E-state index >= 15 is 0 Å². The topological polar surface area (TPSA) is 120 Å². The van der Waals surface area contributed by atoms with E-state index in [0.29, 0.717) is 36.4 Å². The maximum atomic E-state index is 12.3. The van der Waals surface area contributed by atoms with Crippen molar-refractivity contribution >= 4 is 28.9 Å². The largest absolute Gasteiger partial charge is 0.478 e. The Balaban J connectivity index is 1.73. The molecule has 2 aromatic rings. The first-order valence-electron chi connectivity index (χ1n) is 9.04. The van der Waals surface area contributed by atoms with E-state index in [9.17, 15) is 14.7 Å². The van der Waals surface area contributed by atoms with Crippen molar-refractivity contribution in [3.05, 3.63) is 18.1 Å². The zero-order chi connectivity index (χ0) is 19.6. The number of carboxylic acids is 1. The normalized spacial score (nSPS) is 18.2. The highest BCUT2D eigenvalue weighted by molar-refractivity contribution is 6.02. The van der Waals surface area contributed by atoms with Crippen molar-refractivity contribution in [3.8, 4) is 0 Å². The lowest BCUT2D eigenvalue weighted by Crippen LogP contribution is -2.37. The second kappa shape index (κ2) is 7.42. The summed E-state index contributed by atoms with van der Waals surface area (Å²) in [6, 6.07) is 0.0319. The van der Waals surface area contributed by atoms with Gasteiger partial charge in [-0.3, -0.25) is 0 Å². The van der Waals surface area contributed by atoms with Gasteiger partial charge in [-0.1, -0.05) is 0 Å². The molecule has 1 amide bonds. The minimum absolute atomic E-state index is 0.0319. The first-order chi connectivity index (χ1) is 12.7. The highest BCUT2D eigenvalue weighted by atomic mass is 16.6. The van der Waals surface area contributed by atoms with Crippen molar-refractivity contribution in [2.24, 2.45) is 0 Å². The Morgan fingerprint density at radius 2 is 2.07 bits per heavy atom. The number of hydrogen-bond acceptors (Lipinski definition) is 6. The fraction of sp³-hybridized carbons (Fsp3) is 0.556. The highest BCUT2D eigenvalue weighted by Gasteiger charge is 2.26. The fourth-order valence-electron chi connectivity index (χ4n) is 3.16. The summed E-state index contributed by atoms with van der Waals surface area (Å²) in [5.41, 5.74) is 1.09. The second-order valence-corrected chi connectivity index (χ2v) is 7.69. The van der Waals surface area contributed by atoms with Crippen LogP contribution in [-0.4, -0.2) is 61.8 Å². The number of aromatic nitrogens is 3. The molecule has 0 aliphatic carbocycles. The summed E-state index contributed by atoms with van der Waals surface area (Å²) < 4.78 is 5.45. The number of aromatic amines is 1. The number of carbonyl (C=O) groups excluding carboxylic acids is 1.